The molecule has 0 aliphatic carbocycles. The molecule has 4 N–H and O–H groups in total. The summed E-state index contributed by atoms with van der Waals surface area (Å²) < 4.78 is 6.52. The van der Waals surface area contributed by atoms with Crippen molar-refractivity contribution in [2.24, 2.45) is 0 Å². The second-order valence-electron chi connectivity index (χ2n) is 8.78. The van der Waals surface area contributed by atoms with E-state index in [1.165, 1.54) is 12.3 Å². The van der Waals surface area contributed by atoms with Crippen molar-refractivity contribution in [2.45, 2.75) is 46.4 Å². The van der Waals surface area contributed by atoms with E-state index < -0.39 is 29.6 Å². The normalized spacial score (nSPS) is 11.3. The fraction of sp³-hybridized carbons (Fsp3) is 0.333. The molecule has 0 aliphatic heterocycles. The Hall–Kier alpha value is -3.88. The largest absolute Gasteiger partial charge is 0.459 e. The highest BCUT2D eigenvalue weighted by molar-refractivity contribution is 6.02. The number of nitrogens with one attached hydrogen (secondary N) is 2. The number of nitrogen functional groups attached to an aromatic ring is 1. The lowest BCUT2D eigenvalue weighted by Gasteiger charge is -2.20. The van der Waals surface area contributed by atoms with Crippen molar-refractivity contribution in [3.05, 3.63) is 63.6 Å². The van der Waals surface area contributed by atoms with E-state index in [4.69, 9.17) is 10.5 Å². The van der Waals surface area contributed by atoms with E-state index >= 15 is 0 Å². The predicted molar refractivity (Wildman–Crippen MR) is 128 cm³/mol. The molecule has 0 saturated heterocycles. The van der Waals surface area contributed by atoms with Crippen molar-refractivity contribution in [3.63, 3.8) is 0 Å². The molecule has 0 unspecified atom stereocenters. The third-order valence-corrected chi connectivity index (χ3v) is 4.92. The standard InChI is InChI=1S/C24H29N5O4/c1-14-6-8-15(9-7-14)11-28-22(31)17-10-16-20(26-5)18(25)12-27-21(16)29(23(17)32)13-19(30)33-24(2,3)4/h6-10,12H,11,13,25H2,1-5H3,(H,26,27)(H,28,31). The summed E-state index contributed by atoms with van der Waals surface area (Å²) in [6, 6.07) is 9.14. The van der Waals surface area contributed by atoms with Crippen molar-refractivity contribution in [3.8, 4) is 0 Å². The maximum Gasteiger partial charge on any atom is 0.326 e. The molecule has 0 atom stereocenters. The lowest BCUT2D eigenvalue weighted by atomic mass is 10.1. The lowest BCUT2D eigenvalue weighted by Crippen LogP contribution is -2.36. The van der Waals surface area contributed by atoms with Crippen molar-refractivity contribution in [1.29, 1.82) is 0 Å². The fourth-order valence-electron chi connectivity index (χ4n) is 3.41. The van der Waals surface area contributed by atoms with Gasteiger partial charge in [0, 0.05) is 19.0 Å². The van der Waals surface area contributed by atoms with Crippen LogP contribution in [0.5, 0.6) is 0 Å². The number of nitrogens with two attached hydrogens (primary N) is 1. The van der Waals surface area contributed by atoms with Crippen molar-refractivity contribution in [2.75, 3.05) is 18.1 Å². The number of ether oxygens (including phenoxy) is 1. The molecule has 1 aromatic carbocycles. The van der Waals surface area contributed by atoms with Crippen LogP contribution in [-0.2, 0) is 22.6 Å². The summed E-state index contributed by atoms with van der Waals surface area (Å²) in [5, 5.41) is 6.19. The number of benzene rings is 1. The van der Waals surface area contributed by atoms with Crippen LogP contribution in [0.15, 0.2) is 41.3 Å². The summed E-state index contributed by atoms with van der Waals surface area (Å²) in [6.07, 6.45) is 1.40. The number of amides is 1. The average Bonchev–Trinajstić information content (AvgIpc) is 2.73. The molecule has 2 heterocycles. The smallest absolute Gasteiger partial charge is 0.326 e. The molecule has 9 heteroatoms. The Kier molecular flexibility index (Phi) is 6.71. The Morgan fingerprint density at radius 2 is 1.85 bits per heavy atom. The summed E-state index contributed by atoms with van der Waals surface area (Å²) in [6.45, 7) is 7.03. The van der Waals surface area contributed by atoms with E-state index in [-0.39, 0.29) is 17.8 Å². The van der Waals surface area contributed by atoms with Crippen molar-refractivity contribution in [1.82, 2.24) is 14.9 Å². The maximum absolute atomic E-state index is 13.3. The molecule has 9 nitrogen and oxygen atoms in total. The molecule has 3 rings (SSSR count). The monoisotopic (exact) mass is 451 g/mol. The molecule has 0 radical (unpaired) electrons. The molecule has 2 aromatic heterocycles. The first kappa shape index (κ1) is 23.8. The van der Waals surface area contributed by atoms with Gasteiger partial charge in [-0.2, -0.15) is 0 Å². The Labute approximate surface area is 192 Å². The van der Waals surface area contributed by atoms with Gasteiger partial charge in [0.05, 0.1) is 17.6 Å². The first-order valence-electron chi connectivity index (χ1n) is 10.6. The SMILES string of the molecule is CNc1c(N)cnc2c1cc(C(=O)NCc1ccc(C)cc1)c(=O)n2CC(=O)OC(C)(C)C. The van der Waals surface area contributed by atoms with E-state index in [9.17, 15) is 14.4 Å². The van der Waals surface area contributed by atoms with Gasteiger partial charge in [0.15, 0.2) is 0 Å². The van der Waals surface area contributed by atoms with Crippen LogP contribution >= 0.6 is 0 Å². The minimum atomic E-state index is -0.729. The van der Waals surface area contributed by atoms with Crippen LogP contribution in [0.3, 0.4) is 0 Å². The van der Waals surface area contributed by atoms with E-state index in [1.807, 2.05) is 31.2 Å². The Morgan fingerprint density at radius 3 is 2.45 bits per heavy atom. The number of anilines is 2. The minimum Gasteiger partial charge on any atom is -0.459 e. The van der Waals surface area contributed by atoms with E-state index in [1.54, 1.807) is 27.8 Å². The van der Waals surface area contributed by atoms with Crippen LogP contribution in [-0.4, -0.2) is 34.1 Å². The van der Waals surface area contributed by atoms with Crippen molar-refractivity contribution < 1.29 is 14.3 Å². The molecule has 0 spiro atoms. The van der Waals surface area contributed by atoms with Gasteiger partial charge in [-0.3, -0.25) is 19.0 Å². The molecule has 0 aliphatic rings. The lowest BCUT2D eigenvalue weighted by molar-refractivity contribution is -0.155. The zero-order valence-electron chi connectivity index (χ0n) is 19.5. The zero-order chi connectivity index (χ0) is 24.3. The summed E-state index contributed by atoms with van der Waals surface area (Å²) in [7, 11) is 1.67. The highest BCUT2D eigenvalue weighted by atomic mass is 16.6. The zero-order valence-corrected chi connectivity index (χ0v) is 19.5. The topological polar surface area (TPSA) is 128 Å². The second kappa shape index (κ2) is 9.32. The molecule has 0 bridgehead atoms. The second-order valence-corrected chi connectivity index (χ2v) is 8.78. The Balaban J connectivity index is 2.05. The molecule has 3 aromatic rings. The first-order valence-corrected chi connectivity index (χ1v) is 10.6. The molecule has 0 saturated carbocycles. The fourth-order valence-corrected chi connectivity index (χ4v) is 3.41. The number of rotatable bonds is 6. The van der Waals surface area contributed by atoms with Gasteiger partial charge in [0.1, 0.15) is 23.4 Å². The number of hydrogen-bond donors (Lipinski definition) is 3. The highest BCUT2D eigenvalue weighted by Crippen LogP contribution is 2.27. The predicted octanol–water partition coefficient (Wildman–Crippen LogP) is 2.60. The Bertz CT molecular complexity index is 1260. The van der Waals surface area contributed by atoms with Gasteiger partial charge in [0.2, 0.25) is 0 Å². The van der Waals surface area contributed by atoms with Gasteiger partial charge in [0.25, 0.3) is 11.5 Å². The number of carbonyl (C=O) groups excluding carboxylic acids is 2. The van der Waals surface area contributed by atoms with Crippen molar-refractivity contribution >= 4 is 34.3 Å². The Morgan fingerprint density at radius 1 is 1.18 bits per heavy atom. The molecule has 174 valence electrons. The quantitative estimate of drug-likeness (QED) is 0.491. The van der Waals surface area contributed by atoms with Crippen LogP contribution in [0.1, 0.15) is 42.3 Å². The number of pyridine rings is 2. The number of aromatic nitrogens is 2. The number of aryl methyl sites for hydroxylation is 1. The summed E-state index contributed by atoms with van der Waals surface area (Å²) in [5.74, 6) is -1.18. The van der Waals surface area contributed by atoms with Crippen LogP contribution in [0.25, 0.3) is 11.0 Å². The molecular formula is C24H29N5O4. The van der Waals surface area contributed by atoms with Crippen LogP contribution in [0.2, 0.25) is 0 Å². The molecule has 33 heavy (non-hydrogen) atoms. The summed E-state index contributed by atoms with van der Waals surface area (Å²) in [5.41, 5.74) is 7.61. The number of hydrogen-bond acceptors (Lipinski definition) is 7. The van der Waals surface area contributed by atoms with Crippen LogP contribution in [0.4, 0.5) is 11.4 Å². The molecule has 1 amide bonds. The van der Waals surface area contributed by atoms with Gasteiger partial charge in [-0.25, -0.2) is 4.98 Å². The molecular weight excluding hydrogens is 422 g/mol. The van der Waals surface area contributed by atoms with E-state index in [2.05, 4.69) is 15.6 Å². The number of esters is 1. The minimum absolute atomic E-state index is 0.123. The van der Waals surface area contributed by atoms with Gasteiger partial charge >= 0.3 is 5.97 Å². The summed E-state index contributed by atoms with van der Waals surface area (Å²) >= 11 is 0. The molecule has 0 fully saturated rings. The third-order valence-electron chi connectivity index (χ3n) is 4.92. The van der Waals surface area contributed by atoms with E-state index in [0.717, 1.165) is 15.7 Å². The van der Waals surface area contributed by atoms with Crippen LogP contribution < -0.4 is 21.9 Å². The highest BCUT2D eigenvalue weighted by Gasteiger charge is 2.23. The van der Waals surface area contributed by atoms with E-state index in [0.29, 0.717) is 16.8 Å². The summed E-state index contributed by atoms with van der Waals surface area (Å²) in [4.78, 5) is 43.0. The van der Waals surface area contributed by atoms with Gasteiger partial charge in [-0.05, 0) is 39.3 Å². The maximum atomic E-state index is 13.3. The van der Waals surface area contributed by atoms with Gasteiger partial charge in [-0.1, -0.05) is 29.8 Å². The van der Waals surface area contributed by atoms with Gasteiger partial charge < -0.3 is 21.1 Å². The van der Waals surface area contributed by atoms with Crippen LogP contribution in [0, 0.1) is 6.92 Å². The number of fused-ring (bicyclic) bond motifs is 1. The van der Waals surface area contributed by atoms with Gasteiger partial charge in [-0.15, -0.1) is 0 Å². The number of carbonyl (C=O) groups is 2. The third kappa shape index (κ3) is 5.49. The first-order chi connectivity index (χ1) is 15.5. The number of nitrogens with zero attached hydrogens (tertiary/aromatic N) is 2. The average molecular weight is 452 g/mol.